The fourth-order valence-corrected chi connectivity index (χ4v) is 1.57. The summed E-state index contributed by atoms with van der Waals surface area (Å²) in [6.07, 6.45) is 0. The van der Waals surface area contributed by atoms with Gasteiger partial charge in [0.25, 0.3) is 11.8 Å². The topological polar surface area (TPSA) is 133 Å². The van der Waals surface area contributed by atoms with Gasteiger partial charge in [-0.25, -0.2) is 14.2 Å². The van der Waals surface area contributed by atoms with E-state index < -0.39 is 40.8 Å². The molecule has 1 aromatic heterocycles. The van der Waals surface area contributed by atoms with Crippen LogP contribution in [-0.4, -0.2) is 37.2 Å². The van der Waals surface area contributed by atoms with Crippen LogP contribution in [-0.2, 0) is 6.54 Å². The van der Waals surface area contributed by atoms with Crippen LogP contribution >= 0.6 is 0 Å². The van der Waals surface area contributed by atoms with Crippen LogP contribution in [0.5, 0.6) is 11.6 Å². The van der Waals surface area contributed by atoms with Crippen molar-refractivity contribution in [3.63, 3.8) is 0 Å². The Balaban J connectivity index is 2.18. The van der Waals surface area contributed by atoms with E-state index in [-0.39, 0.29) is 6.54 Å². The van der Waals surface area contributed by atoms with Crippen molar-refractivity contribution >= 4 is 11.9 Å². The Hall–Kier alpha value is -3.23. The van der Waals surface area contributed by atoms with E-state index in [1.165, 1.54) is 24.3 Å². The van der Waals surface area contributed by atoms with E-state index in [1.54, 1.807) is 0 Å². The molecule has 9 heteroatoms. The number of nitrogens with one attached hydrogen (secondary N) is 1. The molecule has 0 radical (unpaired) electrons. The van der Waals surface area contributed by atoms with Gasteiger partial charge in [-0.15, -0.1) is 0 Å². The molecule has 22 heavy (non-hydrogen) atoms. The Morgan fingerprint density at radius 3 is 2.36 bits per heavy atom. The first-order chi connectivity index (χ1) is 10.4. The molecule has 0 saturated heterocycles. The number of benzene rings is 1. The summed E-state index contributed by atoms with van der Waals surface area (Å²) in [5, 5.41) is 29.9. The van der Waals surface area contributed by atoms with Crippen molar-refractivity contribution in [3.8, 4) is 11.6 Å². The number of amides is 1. The van der Waals surface area contributed by atoms with Crippen LogP contribution in [0.25, 0.3) is 0 Å². The number of hydrogen-bond acceptors (Lipinski definition) is 6. The Morgan fingerprint density at radius 2 is 1.77 bits per heavy atom. The molecular formula is C13H10FN3O5. The lowest BCUT2D eigenvalue weighted by atomic mass is 10.2. The second kappa shape index (κ2) is 6.04. The first-order valence-corrected chi connectivity index (χ1v) is 5.94. The van der Waals surface area contributed by atoms with Crippen molar-refractivity contribution in [2.75, 3.05) is 0 Å². The monoisotopic (exact) mass is 307 g/mol. The Labute approximate surface area is 122 Å². The van der Waals surface area contributed by atoms with Gasteiger partial charge in [0.15, 0.2) is 5.69 Å². The number of aromatic nitrogens is 2. The highest BCUT2D eigenvalue weighted by Crippen LogP contribution is 2.25. The van der Waals surface area contributed by atoms with Crippen molar-refractivity contribution in [2.24, 2.45) is 0 Å². The third-order valence-electron chi connectivity index (χ3n) is 2.64. The van der Waals surface area contributed by atoms with E-state index in [4.69, 9.17) is 5.11 Å². The van der Waals surface area contributed by atoms with Crippen molar-refractivity contribution < 1.29 is 29.3 Å². The van der Waals surface area contributed by atoms with Gasteiger partial charge in [0, 0.05) is 6.54 Å². The van der Waals surface area contributed by atoms with Gasteiger partial charge in [-0.05, 0) is 17.7 Å². The van der Waals surface area contributed by atoms with Crippen LogP contribution < -0.4 is 5.32 Å². The molecule has 114 valence electrons. The summed E-state index contributed by atoms with van der Waals surface area (Å²) in [5.41, 5.74) is -0.0991. The van der Waals surface area contributed by atoms with Crippen LogP contribution in [0.1, 0.15) is 26.7 Å². The molecule has 2 aromatic rings. The smallest absolute Gasteiger partial charge is 0.374 e. The number of carbonyl (C=O) groups excluding carboxylic acids is 1. The summed E-state index contributed by atoms with van der Waals surface area (Å²) in [4.78, 5) is 29.1. The third-order valence-corrected chi connectivity index (χ3v) is 2.64. The van der Waals surface area contributed by atoms with Gasteiger partial charge in [0.1, 0.15) is 5.82 Å². The molecule has 2 rings (SSSR count). The maximum absolute atomic E-state index is 12.7. The minimum Gasteiger partial charge on any atom is -0.501 e. The fourth-order valence-electron chi connectivity index (χ4n) is 1.57. The lowest BCUT2D eigenvalue weighted by Crippen LogP contribution is -2.25. The highest BCUT2D eigenvalue weighted by molar-refractivity contribution is 5.96. The van der Waals surface area contributed by atoms with Crippen LogP contribution in [0.3, 0.4) is 0 Å². The van der Waals surface area contributed by atoms with E-state index in [1.807, 2.05) is 0 Å². The minimum absolute atomic E-state index is 0.00821. The van der Waals surface area contributed by atoms with Crippen molar-refractivity contribution in [1.82, 2.24) is 15.3 Å². The van der Waals surface area contributed by atoms with Crippen molar-refractivity contribution in [3.05, 3.63) is 47.2 Å². The number of hydrogen-bond donors (Lipinski definition) is 4. The molecule has 0 bridgehead atoms. The average Bonchev–Trinajstić information content (AvgIpc) is 2.48. The summed E-state index contributed by atoms with van der Waals surface area (Å²) in [7, 11) is 0. The zero-order chi connectivity index (χ0) is 16.3. The fraction of sp³-hybridized carbons (Fsp3) is 0.0769. The maximum Gasteiger partial charge on any atom is 0.374 e. The van der Waals surface area contributed by atoms with Crippen molar-refractivity contribution in [1.29, 1.82) is 0 Å². The van der Waals surface area contributed by atoms with Gasteiger partial charge in [0.05, 0.1) is 0 Å². The van der Waals surface area contributed by atoms with Crippen LogP contribution in [0.15, 0.2) is 24.3 Å². The van der Waals surface area contributed by atoms with Gasteiger partial charge in [0.2, 0.25) is 11.6 Å². The number of carbonyl (C=O) groups is 2. The Kier molecular flexibility index (Phi) is 4.16. The normalized spacial score (nSPS) is 10.2. The number of carboxylic acid groups (broad SMARTS) is 1. The maximum atomic E-state index is 12.7. The Morgan fingerprint density at radius 1 is 1.14 bits per heavy atom. The molecule has 8 nitrogen and oxygen atoms in total. The molecule has 0 aliphatic carbocycles. The first-order valence-electron chi connectivity index (χ1n) is 5.94. The number of aromatic carboxylic acids is 1. The van der Waals surface area contributed by atoms with Gasteiger partial charge in [-0.2, -0.15) is 4.98 Å². The summed E-state index contributed by atoms with van der Waals surface area (Å²) < 4.78 is 12.7. The summed E-state index contributed by atoms with van der Waals surface area (Å²) in [6.45, 7) is -0.00821. The molecule has 0 atom stereocenters. The summed E-state index contributed by atoms with van der Waals surface area (Å²) in [5.74, 6) is -5.69. The predicted octanol–water partition coefficient (Wildman–Crippen LogP) is 0.655. The highest BCUT2D eigenvalue weighted by Gasteiger charge is 2.22. The number of nitrogens with zero attached hydrogens (tertiary/aromatic N) is 2. The van der Waals surface area contributed by atoms with Gasteiger partial charge in [-0.3, -0.25) is 4.79 Å². The van der Waals surface area contributed by atoms with Crippen LogP contribution in [0.4, 0.5) is 4.39 Å². The second-order valence-corrected chi connectivity index (χ2v) is 4.18. The SMILES string of the molecule is O=C(O)c1nc(O)c(O)c(C(=O)NCc2ccc(F)cc2)n1. The lowest BCUT2D eigenvalue weighted by Gasteiger charge is -2.07. The van der Waals surface area contributed by atoms with Gasteiger partial charge >= 0.3 is 5.97 Å². The standard InChI is InChI=1S/C13H10FN3O5/c14-7-3-1-6(2-4-7)5-15-11(19)8-9(18)12(20)17-10(16-8)13(21)22/h1-4,18H,5H2,(H,15,19)(H,21,22)(H,16,17,20). The number of aromatic hydroxyl groups is 2. The first kappa shape index (κ1) is 15.2. The molecule has 0 fully saturated rings. The molecule has 1 heterocycles. The minimum atomic E-state index is -1.57. The highest BCUT2D eigenvalue weighted by atomic mass is 19.1. The number of halogens is 1. The van der Waals surface area contributed by atoms with E-state index in [0.717, 1.165) is 0 Å². The number of carboxylic acids is 1. The van der Waals surface area contributed by atoms with Crippen molar-refractivity contribution in [2.45, 2.75) is 6.54 Å². The van der Waals surface area contributed by atoms with E-state index >= 15 is 0 Å². The average molecular weight is 307 g/mol. The summed E-state index contributed by atoms with van der Waals surface area (Å²) >= 11 is 0. The van der Waals surface area contributed by atoms with Crippen LogP contribution in [0, 0.1) is 5.82 Å². The third kappa shape index (κ3) is 3.26. The predicted molar refractivity (Wildman–Crippen MR) is 69.9 cm³/mol. The van der Waals surface area contributed by atoms with E-state index in [0.29, 0.717) is 5.56 Å². The molecule has 0 saturated carbocycles. The molecule has 0 spiro atoms. The molecule has 0 aliphatic heterocycles. The molecule has 1 amide bonds. The zero-order valence-corrected chi connectivity index (χ0v) is 10.9. The zero-order valence-electron chi connectivity index (χ0n) is 10.9. The van der Waals surface area contributed by atoms with E-state index in [2.05, 4.69) is 15.3 Å². The second-order valence-electron chi connectivity index (χ2n) is 4.18. The van der Waals surface area contributed by atoms with Crippen LogP contribution in [0.2, 0.25) is 0 Å². The molecule has 1 aromatic carbocycles. The van der Waals surface area contributed by atoms with Gasteiger partial charge < -0.3 is 20.6 Å². The largest absolute Gasteiger partial charge is 0.501 e. The number of rotatable bonds is 4. The van der Waals surface area contributed by atoms with E-state index in [9.17, 15) is 24.2 Å². The Bertz CT molecular complexity index is 733. The molecule has 0 unspecified atom stereocenters. The molecule has 4 N–H and O–H groups in total. The van der Waals surface area contributed by atoms with Gasteiger partial charge in [-0.1, -0.05) is 12.1 Å². The molecular weight excluding hydrogens is 297 g/mol. The quantitative estimate of drug-likeness (QED) is 0.652. The molecule has 0 aliphatic rings. The summed E-state index contributed by atoms with van der Waals surface area (Å²) in [6, 6.07) is 5.29. The lowest BCUT2D eigenvalue weighted by molar-refractivity contribution is 0.0681.